The van der Waals surface area contributed by atoms with Crippen LogP contribution in [0.2, 0.25) is 0 Å². The lowest BCUT2D eigenvalue weighted by Gasteiger charge is -1.92. The molecule has 0 bridgehead atoms. The van der Waals surface area contributed by atoms with Crippen LogP contribution in [0.3, 0.4) is 0 Å². The van der Waals surface area contributed by atoms with E-state index in [0.717, 1.165) is 0 Å². The van der Waals surface area contributed by atoms with Crippen molar-refractivity contribution in [1.29, 1.82) is 0 Å². The van der Waals surface area contributed by atoms with Crippen molar-refractivity contribution < 1.29 is 4.79 Å². The summed E-state index contributed by atoms with van der Waals surface area (Å²) in [4.78, 5) is 10.2. The van der Waals surface area contributed by atoms with Crippen LogP contribution in [-0.2, 0) is 4.79 Å². The molecule has 4 heteroatoms. The molecule has 7 heavy (non-hydrogen) atoms. The molecule has 0 aromatic heterocycles. The third kappa shape index (κ3) is 4.01. The first-order valence-electron chi connectivity index (χ1n) is 1.79. The van der Waals surface area contributed by atoms with E-state index < -0.39 is 0 Å². The molecule has 0 aliphatic carbocycles. The molecule has 0 saturated heterocycles. The number of hydrogen-bond donors (Lipinski definition) is 3. The van der Waals surface area contributed by atoms with Crippen LogP contribution in [0.4, 0.5) is 0 Å². The van der Waals surface area contributed by atoms with Crippen molar-refractivity contribution in [3.05, 3.63) is 0 Å². The van der Waals surface area contributed by atoms with E-state index >= 15 is 0 Å². The second kappa shape index (κ2) is 4.33. The molecule has 0 aromatic carbocycles. The highest BCUT2D eigenvalue weighted by Crippen LogP contribution is 1.72. The fraction of sp³-hybridized carbons (Fsp3) is 0.667. The zero-order chi connectivity index (χ0) is 5.70. The second-order valence-corrected chi connectivity index (χ2v) is 1.55. The minimum atomic E-state index is -0.0849. The average molecular weight is 137 g/mol. The lowest BCUT2D eigenvalue weighted by atomic mass is 10.7. The minimum Gasteiger partial charge on any atom is -0.347 e. The fourth-order valence-corrected chi connectivity index (χ4v) is 0.432. The van der Waals surface area contributed by atoms with Crippen LogP contribution in [0.1, 0.15) is 0 Å². The second-order valence-electron chi connectivity index (χ2n) is 0.916. The zero-order valence-corrected chi connectivity index (χ0v) is 5.51. The van der Waals surface area contributed by atoms with E-state index in [1.807, 2.05) is 0 Å². The van der Waals surface area contributed by atoms with Gasteiger partial charge in [-0.3, -0.25) is 4.79 Å². The quantitative estimate of drug-likeness (QED) is 0.360. The van der Waals surface area contributed by atoms with Crippen molar-refractivity contribution >= 4 is 31.2 Å². The van der Waals surface area contributed by atoms with Crippen LogP contribution < -0.4 is 5.32 Å². The topological polar surface area (TPSA) is 29.1 Å². The summed E-state index contributed by atoms with van der Waals surface area (Å²) in [6, 6.07) is 0. The van der Waals surface area contributed by atoms with Crippen molar-refractivity contribution in [2.24, 2.45) is 0 Å². The van der Waals surface area contributed by atoms with Gasteiger partial charge in [-0.1, -0.05) is 0 Å². The summed E-state index contributed by atoms with van der Waals surface area (Å²) in [5, 5.41) is 2.44. The van der Waals surface area contributed by atoms with Gasteiger partial charge in [-0.15, -0.1) is 0 Å². The van der Waals surface area contributed by atoms with Crippen molar-refractivity contribution in [2.45, 2.75) is 0 Å². The van der Waals surface area contributed by atoms with Crippen LogP contribution in [0.5, 0.6) is 0 Å². The molecule has 0 unspecified atom stereocenters. The van der Waals surface area contributed by atoms with Gasteiger partial charge in [0.15, 0.2) is 0 Å². The number of hydrogen-bond acceptors (Lipinski definition) is 3. The number of nitrogens with one attached hydrogen (secondary N) is 1. The Bertz CT molecular complexity index is 66.0. The Labute approximate surface area is 53.5 Å². The first-order chi connectivity index (χ1) is 3.31. The molecule has 0 rings (SSSR count). The molecule has 2 nitrogen and oxygen atoms in total. The van der Waals surface area contributed by atoms with Crippen LogP contribution in [0, 0.1) is 0 Å². The Morgan fingerprint density at radius 1 is 1.57 bits per heavy atom. The third-order valence-electron chi connectivity index (χ3n) is 0.420. The largest absolute Gasteiger partial charge is 0.347 e. The summed E-state index contributed by atoms with van der Waals surface area (Å²) in [7, 11) is 0. The molecule has 0 spiro atoms. The summed E-state index contributed by atoms with van der Waals surface area (Å²) < 4.78 is 0. The van der Waals surface area contributed by atoms with Gasteiger partial charge in [-0.2, -0.15) is 25.3 Å². The van der Waals surface area contributed by atoms with E-state index in [1.54, 1.807) is 0 Å². The number of carbonyl (C=O) groups is 1. The molecule has 0 aliphatic heterocycles. The number of thiol groups is 2. The molecule has 0 atom stereocenters. The van der Waals surface area contributed by atoms with Gasteiger partial charge in [-0.25, -0.2) is 0 Å². The van der Waals surface area contributed by atoms with E-state index in [2.05, 4.69) is 30.6 Å². The lowest BCUT2D eigenvalue weighted by Crippen LogP contribution is -2.22. The van der Waals surface area contributed by atoms with Gasteiger partial charge in [0, 0.05) is 0 Å². The maximum absolute atomic E-state index is 10.2. The third-order valence-corrected chi connectivity index (χ3v) is 0.865. The minimum absolute atomic E-state index is 0.0849. The highest BCUT2D eigenvalue weighted by Gasteiger charge is 1.89. The smallest absolute Gasteiger partial charge is 0.230 e. The molecule has 1 amide bonds. The van der Waals surface area contributed by atoms with Crippen LogP contribution in [0.15, 0.2) is 0 Å². The Balaban J connectivity index is 3.00. The van der Waals surface area contributed by atoms with Crippen molar-refractivity contribution in [2.75, 3.05) is 11.6 Å². The first kappa shape index (κ1) is 7.17. The fourth-order valence-electron chi connectivity index (χ4n) is 0.144. The number of rotatable bonds is 2. The van der Waals surface area contributed by atoms with Crippen LogP contribution >= 0.6 is 25.3 Å². The lowest BCUT2D eigenvalue weighted by molar-refractivity contribution is -0.118. The van der Waals surface area contributed by atoms with E-state index in [4.69, 9.17) is 0 Å². The van der Waals surface area contributed by atoms with Gasteiger partial charge in [0.1, 0.15) is 0 Å². The average Bonchev–Trinajstić information content (AvgIpc) is 1.68. The molecule has 0 saturated carbocycles. The van der Waals surface area contributed by atoms with Gasteiger partial charge < -0.3 is 5.32 Å². The number of amides is 1. The Morgan fingerprint density at radius 3 is 2.29 bits per heavy atom. The van der Waals surface area contributed by atoms with E-state index in [1.165, 1.54) is 0 Å². The predicted molar refractivity (Wildman–Crippen MR) is 35.8 cm³/mol. The molecular weight excluding hydrogens is 130 g/mol. The first-order valence-corrected chi connectivity index (χ1v) is 3.06. The summed E-state index contributed by atoms with van der Waals surface area (Å²) in [5.74, 6) is 0.540. The van der Waals surface area contributed by atoms with Crippen LogP contribution in [0.25, 0.3) is 0 Å². The van der Waals surface area contributed by atoms with E-state index in [-0.39, 0.29) is 11.7 Å². The van der Waals surface area contributed by atoms with Gasteiger partial charge in [0.05, 0.1) is 11.6 Å². The Morgan fingerprint density at radius 2 is 2.14 bits per heavy atom. The van der Waals surface area contributed by atoms with Crippen molar-refractivity contribution in [3.63, 3.8) is 0 Å². The van der Waals surface area contributed by atoms with Gasteiger partial charge in [-0.05, 0) is 0 Å². The van der Waals surface area contributed by atoms with Crippen molar-refractivity contribution in [3.8, 4) is 0 Å². The predicted octanol–water partition coefficient (Wildman–Crippen LogP) is -0.0803. The monoisotopic (exact) mass is 137 g/mol. The zero-order valence-electron chi connectivity index (χ0n) is 3.72. The molecule has 0 aromatic rings. The summed E-state index contributed by atoms with van der Waals surface area (Å²) in [6.07, 6.45) is 0. The van der Waals surface area contributed by atoms with Gasteiger partial charge >= 0.3 is 0 Å². The highest BCUT2D eigenvalue weighted by atomic mass is 32.1. The molecule has 0 fully saturated rings. The standard InChI is InChI=1S/C3H7NOS2/c5-3(1-6)4-2-7/h6-7H,1-2H2,(H,4,5). The molecule has 0 heterocycles. The van der Waals surface area contributed by atoms with Gasteiger partial charge in [0.25, 0.3) is 0 Å². The Hall–Kier alpha value is 0.170. The van der Waals surface area contributed by atoms with Gasteiger partial charge in [0.2, 0.25) is 5.91 Å². The summed E-state index contributed by atoms with van der Waals surface area (Å²) in [5.41, 5.74) is 0. The number of carbonyl (C=O) groups excluding carboxylic acids is 1. The van der Waals surface area contributed by atoms with E-state index in [0.29, 0.717) is 5.88 Å². The maximum Gasteiger partial charge on any atom is 0.230 e. The maximum atomic E-state index is 10.2. The SMILES string of the molecule is O=C(CS)NCS. The van der Waals surface area contributed by atoms with Crippen LogP contribution in [-0.4, -0.2) is 17.5 Å². The van der Waals surface area contributed by atoms with Crippen molar-refractivity contribution in [1.82, 2.24) is 5.32 Å². The highest BCUT2D eigenvalue weighted by molar-refractivity contribution is 7.81. The normalized spacial score (nSPS) is 8.29. The Kier molecular flexibility index (Phi) is 4.44. The molecule has 0 radical (unpaired) electrons. The summed E-state index contributed by atoms with van der Waals surface area (Å²) in [6.45, 7) is 0. The molecule has 42 valence electrons. The molecule has 1 N–H and O–H groups in total. The molecule has 0 aliphatic rings. The van der Waals surface area contributed by atoms with E-state index in [9.17, 15) is 4.79 Å². The molecular formula is C3H7NOS2. The summed E-state index contributed by atoms with van der Waals surface area (Å²) >= 11 is 7.45.